The first-order chi connectivity index (χ1) is 20.0. The van der Waals surface area contributed by atoms with Gasteiger partial charge in [-0.3, -0.25) is 13.7 Å². The molecule has 234 valence electrons. The van der Waals surface area contributed by atoms with E-state index in [1.54, 1.807) is 60.5 Å². The zero-order valence-electron chi connectivity index (χ0n) is 23.8. The van der Waals surface area contributed by atoms with Crippen LogP contribution in [-0.4, -0.2) is 60.3 Å². The second-order valence-electron chi connectivity index (χ2n) is 10.6. The average Bonchev–Trinajstić information content (AvgIpc) is 3.45. The quantitative estimate of drug-likeness (QED) is 0.139. The molecule has 0 bridgehead atoms. The maximum atomic E-state index is 12.8. The summed E-state index contributed by atoms with van der Waals surface area (Å²) in [6.45, 7) is 3.49. The molecule has 0 spiro atoms. The summed E-state index contributed by atoms with van der Waals surface area (Å²) in [5.41, 5.74) is 2.19. The fraction of sp³-hybridized carbons (Fsp3) is 0.481. The van der Waals surface area contributed by atoms with Crippen molar-refractivity contribution in [2.75, 3.05) is 23.9 Å². The van der Waals surface area contributed by atoms with E-state index in [4.69, 9.17) is 34.8 Å². The molecule has 0 amide bonds. The van der Waals surface area contributed by atoms with Crippen molar-refractivity contribution in [3.63, 3.8) is 0 Å². The monoisotopic (exact) mass is 691 g/mol. The fourth-order valence-corrected chi connectivity index (χ4v) is 8.37. The van der Waals surface area contributed by atoms with Gasteiger partial charge in [0.05, 0.1) is 34.0 Å². The molecule has 4 rings (SSSR count). The second-order valence-corrected chi connectivity index (χ2v) is 15.5. The van der Waals surface area contributed by atoms with Crippen LogP contribution in [0.4, 0.5) is 11.4 Å². The smallest absolute Gasteiger partial charge is 0.278 e. The van der Waals surface area contributed by atoms with E-state index in [0.717, 1.165) is 0 Å². The number of imidazole rings is 1. The summed E-state index contributed by atoms with van der Waals surface area (Å²) in [6.07, 6.45) is 1.70. The van der Waals surface area contributed by atoms with Crippen molar-refractivity contribution in [2.45, 2.75) is 66.0 Å². The summed E-state index contributed by atoms with van der Waals surface area (Å²) in [5.74, 6) is 0. The van der Waals surface area contributed by atoms with Crippen molar-refractivity contribution >= 4 is 77.4 Å². The molecule has 2 N–H and O–H groups in total. The van der Waals surface area contributed by atoms with Crippen LogP contribution in [0.3, 0.4) is 0 Å². The minimum absolute atomic E-state index is 0.0688. The number of nitrogens with zero attached hydrogens (tertiary/aromatic N) is 5. The molecule has 5 atom stereocenters. The molecular weight excluding hydrogens is 661 g/mol. The lowest BCUT2D eigenvalue weighted by Crippen LogP contribution is -2.51. The number of benzene rings is 2. The lowest BCUT2D eigenvalue weighted by atomic mass is 9.95. The topological polar surface area (TPSA) is 157 Å². The molecule has 0 fully saturated rings. The van der Waals surface area contributed by atoms with E-state index < -0.39 is 46.7 Å². The lowest BCUT2D eigenvalue weighted by molar-refractivity contribution is 0.448. The maximum absolute atomic E-state index is 12.8. The molecule has 11 nitrogen and oxygen atoms in total. The Hall–Kier alpha value is -2.31. The Morgan fingerprint density at radius 1 is 0.907 bits per heavy atom. The van der Waals surface area contributed by atoms with Gasteiger partial charge in [0.1, 0.15) is 16.8 Å². The molecule has 0 saturated heterocycles. The highest BCUT2D eigenvalue weighted by atomic mass is 35.5. The first-order valence-electron chi connectivity index (χ1n) is 13.4. The number of halogens is 3. The molecule has 0 aliphatic carbocycles. The van der Waals surface area contributed by atoms with Crippen molar-refractivity contribution in [1.29, 1.82) is 5.26 Å². The third kappa shape index (κ3) is 6.16. The highest BCUT2D eigenvalue weighted by Gasteiger charge is 2.48. The third-order valence-electron chi connectivity index (χ3n) is 7.98. The summed E-state index contributed by atoms with van der Waals surface area (Å²) in [4.78, 5) is 7.92. The van der Waals surface area contributed by atoms with Crippen LogP contribution in [-0.2, 0) is 25.5 Å². The van der Waals surface area contributed by atoms with E-state index in [1.807, 2.05) is 0 Å². The zero-order valence-corrected chi connectivity index (χ0v) is 27.7. The number of fused-ring (bicyclic) bond motifs is 2. The van der Waals surface area contributed by atoms with E-state index in [1.165, 1.54) is 18.5 Å². The Labute approximate surface area is 266 Å². The highest BCUT2D eigenvalue weighted by molar-refractivity contribution is 7.86. The molecule has 2 heterocycles. The molecule has 0 radical (unpaired) electrons. The van der Waals surface area contributed by atoms with Crippen LogP contribution in [0.2, 0.25) is 0 Å². The Balaban J connectivity index is 2.03. The first-order valence-corrected chi connectivity index (χ1v) is 17.7. The average molecular weight is 693 g/mol. The van der Waals surface area contributed by atoms with Gasteiger partial charge in [-0.2, -0.15) is 22.1 Å². The number of anilines is 2. The van der Waals surface area contributed by atoms with Gasteiger partial charge in [-0.15, -0.1) is 23.2 Å². The minimum atomic E-state index is -4.84. The zero-order chi connectivity index (χ0) is 32.1. The van der Waals surface area contributed by atoms with Gasteiger partial charge in [-0.25, -0.2) is 4.98 Å². The van der Waals surface area contributed by atoms with Crippen molar-refractivity contribution in [3.05, 3.63) is 53.3 Å². The van der Waals surface area contributed by atoms with Crippen LogP contribution < -0.4 is 9.80 Å². The molecule has 16 heteroatoms. The highest BCUT2D eigenvalue weighted by Crippen LogP contribution is 2.50. The van der Waals surface area contributed by atoms with E-state index in [0.29, 0.717) is 35.3 Å². The molecule has 5 unspecified atom stereocenters. The third-order valence-corrected chi connectivity index (χ3v) is 12.0. The molecular formula is C27H32Cl3N5O6S2. The van der Waals surface area contributed by atoms with Crippen molar-refractivity contribution in [3.8, 4) is 6.07 Å². The molecule has 3 aromatic rings. The number of aromatic nitrogens is 2. The van der Waals surface area contributed by atoms with Crippen LogP contribution >= 0.6 is 34.8 Å². The molecule has 1 aromatic heterocycles. The summed E-state index contributed by atoms with van der Waals surface area (Å²) in [6, 6.07) is 10.00. The number of hydrogen-bond acceptors (Lipinski definition) is 8. The molecule has 1 aliphatic heterocycles. The Bertz CT molecular complexity index is 1800. The largest absolute Gasteiger partial charge is 0.319 e. The summed E-state index contributed by atoms with van der Waals surface area (Å²) >= 11 is 20.0. The van der Waals surface area contributed by atoms with Crippen LogP contribution in [0, 0.1) is 11.3 Å². The molecule has 43 heavy (non-hydrogen) atoms. The van der Waals surface area contributed by atoms with Gasteiger partial charge in [0, 0.05) is 24.8 Å². The molecule has 1 aliphatic rings. The van der Waals surface area contributed by atoms with Gasteiger partial charge in [0.2, 0.25) is 0 Å². The second kappa shape index (κ2) is 12.2. The first kappa shape index (κ1) is 33.6. The fourth-order valence-electron chi connectivity index (χ4n) is 5.49. The normalized spacial score (nSPS) is 20.1. The Kier molecular flexibility index (Phi) is 9.55. The number of alkyl halides is 3. The predicted octanol–water partition coefficient (Wildman–Crippen LogP) is 5.97. The Morgan fingerprint density at radius 2 is 1.42 bits per heavy atom. The molecule has 0 saturated carbocycles. The van der Waals surface area contributed by atoms with Gasteiger partial charge >= 0.3 is 0 Å². The number of hydrogen-bond donors (Lipinski definition) is 2. The number of nitriles is 1. The van der Waals surface area contributed by atoms with Gasteiger partial charge in [0.25, 0.3) is 25.5 Å². The van der Waals surface area contributed by atoms with Gasteiger partial charge in [-0.05, 0) is 78.7 Å². The maximum Gasteiger partial charge on any atom is 0.278 e. The summed E-state index contributed by atoms with van der Waals surface area (Å²) in [5, 5.41) is 3.34. The van der Waals surface area contributed by atoms with Crippen molar-refractivity contribution < 1.29 is 25.9 Å². The van der Waals surface area contributed by atoms with E-state index in [-0.39, 0.29) is 29.5 Å². The van der Waals surface area contributed by atoms with Crippen LogP contribution in [0.5, 0.6) is 0 Å². The van der Waals surface area contributed by atoms with Gasteiger partial charge in [-0.1, -0.05) is 13.8 Å². The van der Waals surface area contributed by atoms with Crippen molar-refractivity contribution in [1.82, 2.24) is 9.55 Å². The standard InChI is InChI=1S/C27H32Cl3N5O6S2/c1-5-17(28)10-25(42(36,37)38)19-12-21-23(13-20(19)26(43(39,40)41)11-18(29)6-2)35(15-32-21)27(30)33(3)22-8-7-16(14-31)9-24(22)34(27)4/h7-9,12-13,15,17-18,25-26H,5-6,10-11H2,1-4H3,(H,36,37,38)(H,39,40,41). The van der Waals surface area contributed by atoms with E-state index >= 15 is 0 Å². The number of rotatable bonds is 11. The van der Waals surface area contributed by atoms with Crippen molar-refractivity contribution in [2.24, 2.45) is 0 Å². The lowest BCUT2D eigenvalue weighted by Gasteiger charge is -2.38. The minimum Gasteiger partial charge on any atom is -0.319 e. The SMILES string of the molecule is CCC(Cl)CC(c1cc2ncn(C3(Cl)N(C)c4ccc(C#N)cc4N3C)c2cc1C(CC(Cl)CC)S(=O)(=O)O)S(=O)(=O)O. The van der Waals surface area contributed by atoms with E-state index in [9.17, 15) is 31.2 Å². The summed E-state index contributed by atoms with van der Waals surface area (Å²) < 4.78 is 73.4. The van der Waals surface area contributed by atoms with E-state index in [2.05, 4.69) is 11.1 Å². The summed E-state index contributed by atoms with van der Waals surface area (Å²) in [7, 11) is -6.19. The predicted molar refractivity (Wildman–Crippen MR) is 169 cm³/mol. The van der Waals surface area contributed by atoms with Crippen LogP contribution in [0.25, 0.3) is 11.0 Å². The van der Waals surface area contributed by atoms with Gasteiger partial charge in [0.15, 0.2) is 0 Å². The Morgan fingerprint density at radius 3 is 1.91 bits per heavy atom. The van der Waals surface area contributed by atoms with Crippen LogP contribution in [0.15, 0.2) is 36.7 Å². The molecule has 2 aromatic carbocycles. The van der Waals surface area contributed by atoms with Gasteiger partial charge < -0.3 is 9.80 Å². The van der Waals surface area contributed by atoms with Crippen LogP contribution in [0.1, 0.15) is 66.7 Å².